The summed E-state index contributed by atoms with van der Waals surface area (Å²) in [6.07, 6.45) is 3.21. The fourth-order valence-corrected chi connectivity index (χ4v) is 6.16. The largest absolute Gasteiger partial charge is 0.310 e. The van der Waals surface area contributed by atoms with Crippen molar-refractivity contribution < 1.29 is 8.42 Å². The second-order valence-electron chi connectivity index (χ2n) is 5.57. The first-order chi connectivity index (χ1) is 8.96. The molecule has 0 aromatic carbocycles. The number of nitrogens with zero attached hydrogens (tertiary/aromatic N) is 1. The Morgan fingerprint density at radius 1 is 1.25 bits per heavy atom. The van der Waals surface area contributed by atoms with E-state index in [2.05, 4.69) is 5.32 Å². The number of aryl methyl sites for hydroxylation is 2. The van der Waals surface area contributed by atoms with Gasteiger partial charge in [0, 0.05) is 34.9 Å². The van der Waals surface area contributed by atoms with E-state index >= 15 is 0 Å². The lowest BCUT2D eigenvalue weighted by atomic mass is 10.1. The topological polar surface area (TPSA) is 49.4 Å². The van der Waals surface area contributed by atoms with Gasteiger partial charge in [0.05, 0.1) is 4.90 Å². The van der Waals surface area contributed by atoms with Gasteiger partial charge in [-0.2, -0.15) is 4.31 Å². The van der Waals surface area contributed by atoms with Crippen molar-refractivity contribution in [1.29, 1.82) is 0 Å². The molecule has 2 saturated heterocycles. The minimum atomic E-state index is -3.31. The molecule has 3 heterocycles. The van der Waals surface area contributed by atoms with Gasteiger partial charge in [0.1, 0.15) is 0 Å². The second kappa shape index (κ2) is 5.93. The number of fused-ring (bicyclic) bond motifs is 2. The van der Waals surface area contributed by atoms with Crippen LogP contribution in [-0.4, -0.2) is 37.9 Å². The van der Waals surface area contributed by atoms with E-state index in [0.717, 1.165) is 22.6 Å². The third-order valence-electron chi connectivity index (χ3n) is 4.10. The van der Waals surface area contributed by atoms with Crippen LogP contribution >= 0.6 is 23.7 Å². The Balaban J connectivity index is 0.00000147. The van der Waals surface area contributed by atoms with E-state index < -0.39 is 10.0 Å². The summed E-state index contributed by atoms with van der Waals surface area (Å²) in [5, 5.41) is 3.52. The zero-order valence-electron chi connectivity index (χ0n) is 11.8. The summed E-state index contributed by atoms with van der Waals surface area (Å²) in [5.41, 5.74) is 0. The van der Waals surface area contributed by atoms with Gasteiger partial charge in [0.2, 0.25) is 10.0 Å². The number of hydrogen-bond acceptors (Lipinski definition) is 4. The van der Waals surface area contributed by atoms with Crippen molar-refractivity contribution in [2.75, 3.05) is 13.1 Å². The molecule has 2 aliphatic heterocycles. The van der Waals surface area contributed by atoms with Crippen LogP contribution < -0.4 is 5.32 Å². The number of hydrogen-bond donors (Lipinski definition) is 1. The Bertz CT molecular complexity index is 585. The molecule has 7 heteroatoms. The highest BCUT2D eigenvalue weighted by Crippen LogP contribution is 2.30. The molecule has 1 aromatic heterocycles. The summed E-state index contributed by atoms with van der Waals surface area (Å²) in [4.78, 5) is 2.47. The van der Waals surface area contributed by atoms with Crippen molar-refractivity contribution in [3.8, 4) is 0 Å². The van der Waals surface area contributed by atoms with Crippen LogP contribution in [0.1, 0.15) is 29.0 Å². The predicted molar refractivity (Wildman–Crippen MR) is 84.4 cm³/mol. The molecule has 2 atom stereocenters. The Hall–Kier alpha value is -0.140. The van der Waals surface area contributed by atoms with Crippen molar-refractivity contribution >= 4 is 33.8 Å². The fourth-order valence-electron chi connectivity index (χ4n) is 3.13. The maximum absolute atomic E-state index is 12.8. The molecular formula is C13H21ClN2O2S2. The first kappa shape index (κ1) is 16.2. The smallest absolute Gasteiger partial charge is 0.244 e. The molecule has 0 saturated carbocycles. The maximum Gasteiger partial charge on any atom is 0.244 e. The van der Waals surface area contributed by atoms with E-state index in [0.29, 0.717) is 30.1 Å². The first-order valence-electron chi connectivity index (χ1n) is 6.80. The molecule has 2 fully saturated rings. The Kier molecular flexibility index (Phi) is 4.81. The highest BCUT2D eigenvalue weighted by atomic mass is 35.5. The lowest BCUT2D eigenvalue weighted by Gasteiger charge is -2.23. The quantitative estimate of drug-likeness (QED) is 0.901. The van der Waals surface area contributed by atoms with Crippen LogP contribution in [0.25, 0.3) is 0 Å². The predicted octanol–water partition coefficient (Wildman–Crippen LogP) is 2.30. The van der Waals surface area contributed by atoms with Crippen LogP contribution in [0.15, 0.2) is 11.0 Å². The summed E-state index contributed by atoms with van der Waals surface area (Å²) in [5.74, 6) is 0. The maximum atomic E-state index is 12.8. The number of nitrogens with one attached hydrogen (secondary N) is 1. The first-order valence-corrected chi connectivity index (χ1v) is 9.05. The van der Waals surface area contributed by atoms with Gasteiger partial charge >= 0.3 is 0 Å². The highest BCUT2D eigenvalue weighted by Gasteiger charge is 2.35. The zero-order valence-corrected chi connectivity index (χ0v) is 14.2. The average Bonchev–Trinajstić information content (AvgIpc) is 2.81. The number of thiophene rings is 1. The van der Waals surface area contributed by atoms with Crippen LogP contribution in [0.5, 0.6) is 0 Å². The number of sulfonamides is 1. The molecule has 0 radical (unpaired) electrons. The third-order valence-corrected chi connectivity index (χ3v) is 7.19. The Morgan fingerprint density at radius 3 is 2.60 bits per heavy atom. The van der Waals surface area contributed by atoms with Crippen molar-refractivity contribution in [2.24, 2.45) is 0 Å². The molecule has 2 unspecified atom stereocenters. The Morgan fingerprint density at radius 2 is 1.95 bits per heavy atom. The van der Waals surface area contributed by atoms with Gasteiger partial charge in [-0.3, -0.25) is 0 Å². The fraction of sp³-hybridized carbons (Fsp3) is 0.692. The summed E-state index contributed by atoms with van der Waals surface area (Å²) < 4.78 is 27.2. The van der Waals surface area contributed by atoms with E-state index in [-0.39, 0.29) is 12.4 Å². The molecule has 2 bridgehead atoms. The van der Waals surface area contributed by atoms with E-state index in [9.17, 15) is 8.42 Å². The highest BCUT2D eigenvalue weighted by molar-refractivity contribution is 7.89. The van der Waals surface area contributed by atoms with Crippen LogP contribution in [0.2, 0.25) is 0 Å². The van der Waals surface area contributed by atoms with Gasteiger partial charge in [0.15, 0.2) is 0 Å². The van der Waals surface area contributed by atoms with Crippen LogP contribution in [0, 0.1) is 13.8 Å². The van der Waals surface area contributed by atoms with Gasteiger partial charge in [-0.1, -0.05) is 0 Å². The zero-order chi connectivity index (χ0) is 13.6. The van der Waals surface area contributed by atoms with Crippen LogP contribution in [-0.2, 0) is 10.0 Å². The van der Waals surface area contributed by atoms with Gasteiger partial charge < -0.3 is 5.32 Å². The molecule has 4 nitrogen and oxygen atoms in total. The molecule has 1 aromatic rings. The van der Waals surface area contributed by atoms with Crippen LogP contribution in [0.4, 0.5) is 0 Å². The molecule has 2 aliphatic rings. The lowest BCUT2D eigenvalue weighted by molar-refractivity contribution is 0.383. The van der Waals surface area contributed by atoms with Crippen molar-refractivity contribution in [3.05, 3.63) is 15.8 Å². The van der Waals surface area contributed by atoms with Crippen LogP contribution in [0.3, 0.4) is 0 Å². The standard InChI is InChI=1S/C13H20N2O2S2.ClH/c1-9-7-13(10(2)18-9)19(16,17)15-6-5-11-3-4-12(8-15)14-11;/h7,11-12,14H,3-6,8H2,1-2H3;1H. The number of halogens is 1. The van der Waals surface area contributed by atoms with Crippen molar-refractivity contribution in [1.82, 2.24) is 9.62 Å². The third kappa shape index (κ3) is 2.90. The molecule has 20 heavy (non-hydrogen) atoms. The summed E-state index contributed by atoms with van der Waals surface area (Å²) in [7, 11) is -3.31. The van der Waals surface area contributed by atoms with E-state index in [1.54, 1.807) is 15.6 Å². The monoisotopic (exact) mass is 336 g/mol. The second-order valence-corrected chi connectivity index (χ2v) is 8.93. The van der Waals surface area contributed by atoms with Crippen molar-refractivity contribution in [3.63, 3.8) is 0 Å². The minimum absolute atomic E-state index is 0. The molecule has 114 valence electrons. The number of rotatable bonds is 2. The van der Waals surface area contributed by atoms with Crippen molar-refractivity contribution in [2.45, 2.75) is 50.1 Å². The van der Waals surface area contributed by atoms with Gasteiger partial charge in [0.25, 0.3) is 0 Å². The van der Waals surface area contributed by atoms with E-state index in [1.807, 2.05) is 19.9 Å². The van der Waals surface area contributed by atoms with Gasteiger partial charge in [-0.15, -0.1) is 23.7 Å². The van der Waals surface area contributed by atoms with E-state index in [1.165, 1.54) is 6.42 Å². The van der Waals surface area contributed by atoms with Gasteiger partial charge in [-0.25, -0.2) is 8.42 Å². The normalized spacial score (nSPS) is 27.1. The Labute approximate surface area is 131 Å². The lowest BCUT2D eigenvalue weighted by Crippen LogP contribution is -2.39. The SMILES string of the molecule is Cc1cc(S(=O)(=O)N2CCC3CCC(C2)N3)c(C)s1.Cl. The summed E-state index contributed by atoms with van der Waals surface area (Å²) in [6, 6.07) is 2.66. The summed E-state index contributed by atoms with van der Waals surface area (Å²) in [6.45, 7) is 5.12. The average molecular weight is 337 g/mol. The minimum Gasteiger partial charge on any atom is -0.310 e. The molecule has 0 spiro atoms. The molecular weight excluding hydrogens is 316 g/mol. The van der Waals surface area contributed by atoms with E-state index in [4.69, 9.17) is 0 Å². The van der Waals surface area contributed by atoms with Gasteiger partial charge in [-0.05, 0) is 39.2 Å². The summed E-state index contributed by atoms with van der Waals surface area (Å²) >= 11 is 1.56. The molecule has 3 rings (SSSR count). The molecule has 0 amide bonds. The molecule has 0 aliphatic carbocycles. The molecule has 1 N–H and O–H groups in total.